The zero-order valence-corrected chi connectivity index (χ0v) is 14.0. The van der Waals surface area contributed by atoms with Crippen molar-refractivity contribution >= 4 is 23.5 Å². The number of thioether (sulfide) groups is 2. The number of aryl methyl sites for hydroxylation is 2. The molecule has 1 saturated heterocycles. The standard InChI is InChI=1S/C14H25N3S2/c1-5-17-12(4)14(11(3)16-17)10(2)15-8-13-9-18-6-7-19-13/h10,13,15H,5-9H2,1-4H3. The van der Waals surface area contributed by atoms with E-state index in [-0.39, 0.29) is 0 Å². The minimum atomic E-state index is 0.396. The lowest BCUT2D eigenvalue weighted by Gasteiger charge is -2.23. The van der Waals surface area contributed by atoms with Crippen molar-refractivity contribution in [3.63, 3.8) is 0 Å². The van der Waals surface area contributed by atoms with Gasteiger partial charge in [0.05, 0.1) is 5.69 Å². The summed E-state index contributed by atoms with van der Waals surface area (Å²) < 4.78 is 2.11. The minimum Gasteiger partial charge on any atom is -0.309 e. The molecule has 3 nitrogen and oxygen atoms in total. The van der Waals surface area contributed by atoms with Crippen molar-refractivity contribution in [1.82, 2.24) is 15.1 Å². The van der Waals surface area contributed by atoms with E-state index in [0.29, 0.717) is 6.04 Å². The number of hydrogen-bond acceptors (Lipinski definition) is 4. The summed E-state index contributed by atoms with van der Waals surface area (Å²) in [4.78, 5) is 0. The van der Waals surface area contributed by atoms with Crippen LogP contribution in [0.5, 0.6) is 0 Å². The highest BCUT2D eigenvalue weighted by Crippen LogP contribution is 2.25. The predicted octanol–water partition coefficient (Wildman–Crippen LogP) is 3.02. The van der Waals surface area contributed by atoms with Gasteiger partial charge in [0.2, 0.25) is 0 Å². The Morgan fingerprint density at radius 2 is 2.21 bits per heavy atom. The van der Waals surface area contributed by atoms with E-state index in [2.05, 4.69) is 66.3 Å². The van der Waals surface area contributed by atoms with E-state index in [1.165, 1.54) is 34.2 Å². The van der Waals surface area contributed by atoms with Gasteiger partial charge in [0.15, 0.2) is 0 Å². The number of rotatable bonds is 5. The Morgan fingerprint density at radius 1 is 1.42 bits per heavy atom. The molecule has 0 amide bonds. The van der Waals surface area contributed by atoms with E-state index in [4.69, 9.17) is 0 Å². The molecule has 1 fully saturated rings. The fraction of sp³-hybridized carbons (Fsp3) is 0.786. The molecule has 0 aliphatic carbocycles. The molecule has 0 bridgehead atoms. The summed E-state index contributed by atoms with van der Waals surface area (Å²) in [7, 11) is 0. The zero-order chi connectivity index (χ0) is 13.8. The lowest BCUT2D eigenvalue weighted by Crippen LogP contribution is -2.31. The molecule has 5 heteroatoms. The van der Waals surface area contributed by atoms with E-state index < -0.39 is 0 Å². The first-order valence-corrected chi connectivity index (χ1v) is 9.30. The SMILES string of the molecule is CCn1nc(C)c(C(C)NCC2CSCCS2)c1C. The van der Waals surface area contributed by atoms with Gasteiger partial charge in [-0.25, -0.2) is 0 Å². The molecule has 108 valence electrons. The van der Waals surface area contributed by atoms with Gasteiger partial charge in [-0.15, -0.1) is 0 Å². The van der Waals surface area contributed by atoms with Crippen LogP contribution in [0.25, 0.3) is 0 Å². The van der Waals surface area contributed by atoms with Crippen LogP contribution < -0.4 is 5.32 Å². The van der Waals surface area contributed by atoms with Crippen LogP contribution in [0.4, 0.5) is 0 Å². The van der Waals surface area contributed by atoms with Crippen LogP contribution in [0.2, 0.25) is 0 Å². The zero-order valence-electron chi connectivity index (χ0n) is 12.4. The van der Waals surface area contributed by atoms with Crippen LogP contribution >= 0.6 is 23.5 Å². The third kappa shape index (κ3) is 3.70. The van der Waals surface area contributed by atoms with Crippen LogP contribution in [0.1, 0.15) is 36.8 Å². The molecule has 2 rings (SSSR count). The molecule has 1 aromatic rings. The Balaban J connectivity index is 1.95. The van der Waals surface area contributed by atoms with Gasteiger partial charge in [0.1, 0.15) is 0 Å². The second kappa shape index (κ2) is 7.04. The third-order valence-electron chi connectivity index (χ3n) is 3.71. The molecule has 1 N–H and O–H groups in total. The van der Waals surface area contributed by atoms with Gasteiger partial charge in [0.25, 0.3) is 0 Å². The van der Waals surface area contributed by atoms with E-state index in [1.54, 1.807) is 0 Å². The number of aromatic nitrogens is 2. The van der Waals surface area contributed by atoms with Crippen molar-refractivity contribution in [3.8, 4) is 0 Å². The summed E-state index contributed by atoms with van der Waals surface area (Å²) in [6.07, 6.45) is 0. The van der Waals surface area contributed by atoms with E-state index >= 15 is 0 Å². The van der Waals surface area contributed by atoms with Crippen LogP contribution in [-0.2, 0) is 6.54 Å². The molecule has 0 radical (unpaired) electrons. The summed E-state index contributed by atoms with van der Waals surface area (Å²) in [5, 5.41) is 9.08. The molecule has 0 spiro atoms. The number of hydrogen-bond donors (Lipinski definition) is 1. The molecule has 1 aliphatic rings. The topological polar surface area (TPSA) is 29.9 Å². The van der Waals surface area contributed by atoms with Gasteiger partial charge >= 0.3 is 0 Å². The summed E-state index contributed by atoms with van der Waals surface area (Å²) in [6, 6.07) is 0.396. The van der Waals surface area contributed by atoms with Gasteiger partial charge in [-0.2, -0.15) is 28.6 Å². The van der Waals surface area contributed by atoms with Crippen molar-refractivity contribution in [2.45, 2.75) is 45.5 Å². The van der Waals surface area contributed by atoms with Crippen molar-refractivity contribution in [2.75, 3.05) is 23.8 Å². The highest BCUT2D eigenvalue weighted by Gasteiger charge is 2.19. The molecule has 0 saturated carbocycles. The summed E-state index contributed by atoms with van der Waals surface area (Å²) in [5.41, 5.74) is 3.87. The monoisotopic (exact) mass is 299 g/mol. The second-order valence-corrected chi connectivity index (χ2v) is 7.66. The minimum absolute atomic E-state index is 0.396. The maximum absolute atomic E-state index is 4.61. The molecule has 1 aliphatic heterocycles. The Labute approximate surface area is 125 Å². The van der Waals surface area contributed by atoms with Crippen molar-refractivity contribution in [1.29, 1.82) is 0 Å². The number of nitrogens with one attached hydrogen (secondary N) is 1. The third-order valence-corrected chi connectivity index (χ3v) is 6.55. The maximum Gasteiger partial charge on any atom is 0.0644 e. The van der Waals surface area contributed by atoms with Gasteiger partial charge in [-0.1, -0.05) is 0 Å². The van der Waals surface area contributed by atoms with Crippen LogP contribution in [0.3, 0.4) is 0 Å². The highest BCUT2D eigenvalue weighted by atomic mass is 32.2. The van der Waals surface area contributed by atoms with Gasteiger partial charge < -0.3 is 5.32 Å². The molecular weight excluding hydrogens is 274 g/mol. The van der Waals surface area contributed by atoms with Crippen LogP contribution in [-0.4, -0.2) is 38.8 Å². The smallest absolute Gasteiger partial charge is 0.0644 e. The molecular formula is C14H25N3S2. The van der Waals surface area contributed by atoms with E-state index in [9.17, 15) is 0 Å². The average molecular weight is 300 g/mol. The normalized spacial score (nSPS) is 21.6. The Kier molecular flexibility index (Phi) is 5.66. The largest absolute Gasteiger partial charge is 0.309 e. The van der Waals surface area contributed by atoms with Crippen LogP contribution in [0.15, 0.2) is 0 Å². The molecule has 0 aromatic carbocycles. The summed E-state index contributed by atoms with van der Waals surface area (Å²) in [6.45, 7) is 10.8. The quantitative estimate of drug-likeness (QED) is 0.905. The van der Waals surface area contributed by atoms with E-state index in [1.807, 2.05) is 0 Å². The summed E-state index contributed by atoms with van der Waals surface area (Å²) in [5.74, 6) is 3.91. The highest BCUT2D eigenvalue weighted by molar-refractivity contribution is 8.06. The van der Waals surface area contributed by atoms with E-state index in [0.717, 1.165) is 18.3 Å². The van der Waals surface area contributed by atoms with Gasteiger partial charge in [0, 0.05) is 52.9 Å². The fourth-order valence-electron chi connectivity index (χ4n) is 2.71. The Bertz CT molecular complexity index is 411. The Morgan fingerprint density at radius 3 is 2.79 bits per heavy atom. The van der Waals surface area contributed by atoms with Gasteiger partial charge in [-0.05, 0) is 27.7 Å². The predicted molar refractivity (Wildman–Crippen MR) is 87.4 cm³/mol. The molecule has 2 heterocycles. The maximum atomic E-state index is 4.61. The van der Waals surface area contributed by atoms with Gasteiger partial charge in [-0.3, -0.25) is 4.68 Å². The van der Waals surface area contributed by atoms with Crippen LogP contribution in [0, 0.1) is 13.8 Å². The van der Waals surface area contributed by atoms with Crippen molar-refractivity contribution in [3.05, 3.63) is 17.0 Å². The lowest BCUT2D eigenvalue weighted by molar-refractivity contribution is 0.569. The fourth-order valence-corrected chi connectivity index (χ4v) is 5.33. The second-order valence-electron chi connectivity index (χ2n) is 5.10. The lowest BCUT2D eigenvalue weighted by atomic mass is 10.1. The Hall–Kier alpha value is -0.130. The van der Waals surface area contributed by atoms with Crippen molar-refractivity contribution < 1.29 is 0 Å². The average Bonchev–Trinajstić information content (AvgIpc) is 2.72. The summed E-state index contributed by atoms with van der Waals surface area (Å²) >= 11 is 4.20. The molecule has 19 heavy (non-hydrogen) atoms. The molecule has 1 aromatic heterocycles. The molecule has 2 unspecified atom stereocenters. The first-order valence-electron chi connectivity index (χ1n) is 7.10. The molecule has 2 atom stereocenters. The van der Waals surface area contributed by atoms with Crippen molar-refractivity contribution in [2.24, 2.45) is 0 Å². The first kappa shape index (κ1) is 15.3. The first-order chi connectivity index (χ1) is 9.13. The number of nitrogens with zero attached hydrogens (tertiary/aromatic N) is 2.